The maximum Gasteiger partial charge on any atom is 0.115 e. The first-order valence-corrected chi connectivity index (χ1v) is 6.24. The maximum absolute atomic E-state index is 9.21. The van der Waals surface area contributed by atoms with Crippen molar-refractivity contribution in [1.82, 2.24) is 0 Å². The third kappa shape index (κ3) is 3.49. The second-order valence-electron chi connectivity index (χ2n) is 4.48. The number of phenols is 1. The lowest BCUT2D eigenvalue weighted by atomic mass is 10.0. The number of aryl methyl sites for hydroxylation is 2. The van der Waals surface area contributed by atoms with Crippen molar-refractivity contribution in [2.45, 2.75) is 19.3 Å². The highest BCUT2D eigenvalue weighted by atomic mass is 16.3. The summed E-state index contributed by atoms with van der Waals surface area (Å²) in [6.45, 7) is 3.74. The predicted octanol–water partition coefficient (Wildman–Crippen LogP) is 3.91. The Balaban J connectivity index is 1.93. The SMILES string of the molecule is C=CCc1ccc(CCc2ccc(O)cc2)cc1. The van der Waals surface area contributed by atoms with Crippen LogP contribution in [-0.4, -0.2) is 5.11 Å². The third-order valence-electron chi connectivity index (χ3n) is 3.04. The highest BCUT2D eigenvalue weighted by Crippen LogP contribution is 2.13. The van der Waals surface area contributed by atoms with Crippen LogP contribution in [0.3, 0.4) is 0 Å². The zero-order chi connectivity index (χ0) is 12.8. The standard InChI is InChI=1S/C17H18O/c1-2-3-14-4-6-15(7-5-14)8-9-16-10-12-17(18)13-11-16/h2,4-7,10-13,18H,1,3,8-9H2. The summed E-state index contributed by atoms with van der Waals surface area (Å²) >= 11 is 0. The van der Waals surface area contributed by atoms with Gasteiger partial charge in [-0.3, -0.25) is 0 Å². The minimum absolute atomic E-state index is 0.326. The van der Waals surface area contributed by atoms with Gasteiger partial charge < -0.3 is 5.11 Å². The van der Waals surface area contributed by atoms with Gasteiger partial charge in [0.15, 0.2) is 0 Å². The Labute approximate surface area is 108 Å². The van der Waals surface area contributed by atoms with Gasteiger partial charge in [0.1, 0.15) is 5.75 Å². The number of aromatic hydroxyl groups is 1. The van der Waals surface area contributed by atoms with Crippen molar-refractivity contribution in [3.05, 3.63) is 77.9 Å². The quantitative estimate of drug-likeness (QED) is 0.783. The molecule has 1 heteroatoms. The molecule has 0 bridgehead atoms. The van der Waals surface area contributed by atoms with Crippen LogP contribution >= 0.6 is 0 Å². The van der Waals surface area contributed by atoms with Gasteiger partial charge in [-0.2, -0.15) is 0 Å². The molecule has 18 heavy (non-hydrogen) atoms. The van der Waals surface area contributed by atoms with Gasteiger partial charge in [-0.05, 0) is 48.1 Å². The summed E-state index contributed by atoms with van der Waals surface area (Å²) in [6.07, 6.45) is 4.88. The Bertz CT molecular complexity index is 494. The molecule has 0 aliphatic rings. The van der Waals surface area contributed by atoms with Crippen molar-refractivity contribution in [2.24, 2.45) is 0 Å². The van der Waals surface area contributed by atoms with Crippen LogP contribution in [0.25, 0.3) is 0 Å². The van der Waals surface area contributed by atoms with E-state index in [0.717, 1.165) is 19.3 Å². The molecule has 0 aliphatic heterocycles. The molecule has 0 saturated heterocycles. The number of allylic oxidation sites excluding steroid dienone is 1. The number of hydrogen-bond donors (Lipinski definition) is 1. The van der Waals surface area contributed by atoms with E-state index in [0.29, 0.717) is 5.75 Å². The monoisotopic (exact) mass is 238 g/mol. The van der Waals surface area contributed by atoms with Crippen LogP contribution in [0.15, 0.2) is 61.2 Å². The minimum atomic E-state index is 0.326. The van der Waals surface area contributed by atoms with Crippen LogP contribution in [0.5, 0.6) is 5.75 Å². The van der Waals surface area contributed by atoms with Crippen LogP contribution in [0.1, 0.15) is 16.7 Å². The highest BCUT2D eigenvalue weighted by molar-refractivity contribution is 5.28. The van der Waals surface area contributed by atoms with Crippen molar-refractivity contribution < 1.29 is 5.11 Å². The molecular formula is C17H18O. The zero-order valence-electron chi connectivity index (χ0n) is 10.5. The van der Waals surface area contributed by atoms with Crippen molar-refractivity contribution >= 4 is 0 Å². The molecule has 2 aromatic carbocycles. The number of benzene rings is 2. The van der Waals surface area contributed by atoms with Crippen LogP contribution in [-0.2, 0) is 19.3 Å². The first-order chi connectivity index (χ1) is 8.78. The van der Waals surface area contributed by atoms with E-state index in [1.165, 1.54) is 16.7 Å². The molecule has 0 saturated carbocycles. The average Bonchev–Trinajstić information content (AvgIpc) is 2.40. The zero-order valence-corrected chi connectivity index (χ0v) is 10.5. The molecule has 92 valence electrons. The summed E-state index contributed by atoms with van der Waals surface area (Å²) in [5.41, 5.74) is 3.90. The van der Waals surface area contributed by atoms with Crippen molar-refractivity contribution in [2.75, 3.05) is 0 Å². The second-order valence-corrected chi connectivity index (χ2v) is 4.48. The Hall–Kier alpha value is -2.02. The van der Waals surface area contributed by atoms with E-state index in [9.17, 15) is 5.11 Å². The molecular weight excluding hydrogens is 220 g/mol. The Morgan fingerprint density at radius 1 is 0.778 bits per heavy atom. The maximum atomic E-state index is 9.21. The third-order valence-corrected chi connectivity index (χ3v) is 3.04. The summed E-state index contributed by atoms with van der Waals surface area (Å²) in [7, 11) is 0. The van der Waals surface area contributed by atoms with E-state index in [-0.39, 0.29) is 0 Å². The molecule has 1 N–H and O–H groups in total. The second kappa shape index (κ2) is 6.06. The van der Waals surface area contributed by atoms with Crippen LogP contribution in [0.4, 0.5) is 0 Å². The Morgan fingerprint density at radius 2 is 1.22 bits per heavy atom. The van der Waals surface area contributed by atoms with Gasteiger partial charge >= 0.3 is 0 Å². The van der Waals surface area contributed by atoms with Crippen molar-refractivity contribution in [3.63, 3.8) is 0 Å². The summed E-state index contributed by atoms with van der Waals surface area (Å²) in [4.78, 5) is 0. The van der Waals surface area contributed by atoms with Gasteiger partial charge in [-0.25, -0.2) is 0 Å². The Kier molecular flexibility index (Phi) is 4.19. The molecule has 0 aromatic heterocycles. The molecule has 0 unspecified atom stereocenters. The molecule has 0 amide bonds. The van der Waals surface area contributed by atoms with E-state index >= 15 is 0 Å². The lowest BCUT2D eigenvalue weighted by molar-refractivity contribution is 0.475. The summed E-state index contributed by atoms with van der Waals surface area (Å²) in [5, 5.41) is 9.21. The van der Waals surface area contributed by atoms with Crippen LogP contribution in [0, 0.1) is 0 Å². The molecule has 0 atom stereocenters. The predicted molar refractivity (Wildman–Crippen MR) is 75.9 cm³/mol. The lowest BCUT2D eigenvalue weighted by Gasteiger charge is -2.04. The van der Waals surface area contributed by atoms with Crippen molar-refractivity contribution in [1.29, 1.82) is 0 Å². The fourth-order valence-corrected chi connectivity index (χ4v) is 1.96. The van der Waals surface area contributed by atoms with Gasteiger partial charge in [0.2, 0.25) is 0 Å². The van der Waals surface area contributed by atoms with E-state index in [1.54, 1.807) is 12.1 Å². The largest absolute Gasteiger partial charge is 0.508 e. The molecule has 2 aromatic rings. The normalized spacial score (nSPS) is 10.2. The van der Waals surface area contributed by atoms with Gasteiger partial charge in [-0.15, -0.1) is 6.58 Å². The summed E-state index contributed by atoms with van der Waals surface area (Å²) in [5.74, 6) is 0.326. The highest BCUT2D eigenvalue weighted by Gasteiger charge is 1.97. The molecule has 0 fully saturated rings. The van der Waals surface area contributed by atoms with Crippen molar-refractivity contribution in [3.8, 4) is 5.75 Å². The van der Waals surface area contributed by atoms with Crippen LogP contribution in [0.2, 0.25) is 0 Å². The number of phenolic OH excluding ortho intramolecular Hbond substituents is 1. The van der Waals surface area contributed by atoms with E-state index in [2.05, 4.69) is 30.8 Å². The van der Waals surface area contributed by atoms with Crippen LogP contribution < -0.4 is 0 Å². The molecule has 0 spiro atoms. The molecule has 0 aliphatic carbocycles. The smallest absolute Gasteiger partial charge is 0.115 e. The first kappa shape index (κ1) is 12.4. The first-order valence-electron chi connectivity index (χ1n) is 6.24. The fourth-order valence-electron chi connectivity index (χ4n) is 1.96. The Morgan fingerprint density at radius 3 is 1.72 bits per heavy atom. The number of rotatable bonds is 5. The fraction of sp³-hybridized carbons (Fsp3) is 0.176. The van der Waals surface area contributed by atoms with E-state index < -0.39 is 0 Å². The molecule has 0 heterocycles. The number of hydrogen-bond acceptors (Lipinski definition) is 1. The average molecular weight is 238 g/mol. The summed E-state index contributed by atoms with van der Waals surface area (Å²) < 4.78 is 0. The minimum Gasteiger partial charge on any atom is -0.508 e. The molecule has 1 nitrogen and oxygen atoms in total. The topological polar surface area (TPSA) is 20.2 Å². The van der Waals surface area contributed by atoms with Gasteiger partial charge in [-0.1, -0.05) is 42.5 Å². The molecule has 2 rings (SSSR count). The lowest BCUT2D eigenvalue weighted by Crippen LogP contribution is -1.91. The van der Waals surface area contributed by atoms with E-state index in [4.69, 9.17) is 0 Å². The molecule has 0 radical (unpaired) electrons. The van der Waals surface area contributed by atoms with Gasteiger partial charge in [0, 0.05) is 0 Å². The van der Waals surface area contributed by atoms with Gasteiger partial charge in [0.25, 0.3) is 0 Å². The van der Waals surface area contributed by atoms with Gasteiger partial charge in [0.05, 0.1) is 0 Å². The van der Waals surface area contributed by atoms with E-state index in [1.807, 2.05) is 18.2 Å². The summed E-state index contributed by atoms with van der Waals surface area (Å²) in [6, 6.07) is 16.1.